The molecule has 9 heteroatoms. The highest BCUT2D eigenvalue weighted by Crippen LogP contribution is 2.28. The Labute approximate surface area is 138 Å². The summed E-state index contributed by atoms with van der Waals surface area (Å²) < 4.78 is 40.3. The van der Waals surface area contributed by atoms with Gasteiger partial charge in [-0.2, -0.15) is 13.1 Å². The fourth-order valence-electron chi connectivity index (χ4n) is 2.72. The number of piperidine rings is 1. The summed E-state index contributed by atoms with van der Waals surface area (Å²) in [4.78, 5) is 11.9. The van der Waals surface area contributed by atoms with Gasteiger partial charge < -0.3 is 4.74 Å². The molecule has 2 aromatic rings. The molecule has 23 heavy (non-hydrogen) atoms. The van der Waals surface area contributed by atoms with E-state index in [9.17, 15) is 13.2 Å². The smallest absolute Gasteiger partial charge is 0.309 e. The van der Waals surface area contributed by atoms with Gasteiger partial charge in [-0.15, -0.1) is 0 Å². The fourth-order valence-corrected chi connectivity index (χ4v) is 4.94. The van der Waals surface area contributed by atoms with Crippen LogP contribution < -0.4 is 0 Å². The third-order valence-corrected chi connectivity index (χ3v) is 6.41. The van der Waals surface area contributed by atoms with Gasteiger partial charge >= 0.3 is 5.97 Å². The summed E-state index contributed by atoms with van der Waals surface area (Å²) in [6.45, 7) is 2.72. The monoisotopic (exact) mass is 355 g/mol. The van der Waals surface area contributed by atoms with Gasteiger partial charge in [0.1, 0.15) is 15.9 Å². The van der Waals surface area contributed by atoms with Crippen molar-refractivity contribution in [1.29, 1.82) is 0 Å². The number of benzene rings is 1. The van der Waals surface area contributed by atoms with Gasteiger partial charge in [-0.05, 0) is 31.9 Å². The van der Waals surface area contributed by atoms with Gasteiger partial charge in [0.2, 0.25) is 10.0 Å². The summed E-state index contributed by atoms with van der Waals surface area (Å²) in [7, 11) is -3.63. The number of hydrogen-bond donors (Lipinski definition) is 0. The lowest BCUT2D eigenvalue weighted by Crippen LogP contribution is -2.40. The molecular weight excluding hydrogens is 338 g/mol. The molecule has 0 radical (unpaired) electrons. The summed E-state index contributed by atoms with van der Waals surface area (Å²) in [5.41, 5.74) is 0.988. The maximum atomic E-state index is 12.8. The number of aromatic nitrogens is 2. The summed E-state index contributed by atoms with van der Waals surface area (Å²) in [6.07, 6.45) is 0.951. The van der Waals surface area contributed by atoms with Crippen LogP contribution in [-0.2, 0) is 19.6 Å². The summed E-state index contributed by atoms with van der Waals surface area (Å²) >= 11 is 0.995. The molecule has 0 amide bonds. The lowest BCUT2D eigenvalue weighted by molar-refractivity contribution is -0.149. The lowest BCUT2D eigenvalue weighted by atomic mass is 9.98. The first-order valence-corrected chi connectivity index (χ1v) is 9.59. The molecule has 1 saturated heterocycles. The van der Waals surface area contributed by atoms with E-state index in [0.717, 1.165) is 11.7 Å². The van der Waals surface area contributed by atoms with Gasteiger partial charge in [-0.1, -0.05) is 6.07 Å². The number of sulfonamides is 1. The first-order chi connectivity index (χ1) is 11.0. The molecule has 1 aliphatic rings. The van der Waals surface area contributed by atoms with E-state index in [-0.39, 0.29) is 16.8 Å². The van der Waals surface area contributed by atoms with E-state index in [4.69, 9.17) is 4.74 Å². The first kappa shape index (κ1) is 16.3. The molecule has 1 aromatic heterocycles. The predicted octanol–water partition coefficient (Wildman–Crippen LogP) is 1.66. The molecule has 7 nitrogen and oxygen atoms in total. The molecule has 2 heterocycles. The van der Waals surface area contributed by atoms with Crippen LogP contribution in [-0.4, -0.2) is 47.1 Å². The van der Waals surface area contributed by atoms with Crippen molar-refractivity contribution in [2.45, 2.75) is 24.7 Å². The number of carbonyl (C=O) groups excluding carboxylic acids is 1. The third-order valence-electron chi connectivity index (χ3n) is 3.94. The molecule has 0 spiro atoms. The second-order valence-electron chi connectivity index (χ2n) is 5.32. The number of fused-ring (bicyclic) bond motifs is 1. The fraction of sp³-hybridized carbons (Fsp3) is 0.500. The first-order valence-electron chi connectivity index (χ1n) is 7.42. The van der Waals surface area contributed by atoms with Crippen molar-refractivity contribution in [3.05, 3.63) is 18.2 Å². The predicted molar refractivity (Wildman–Crippen MR) is 85.5 cm³/mol. The molecule has 1 aliphatic heterocycles. The van der Waals surface area contributed by atoms with E-state index >= 15 is 0 Å². The van der Waals surface area contributed by atoms with Crippen molar-refractivity contribution in [2.75, 3.05) is 19.7 Å². The van der Waals surface area contributed by atoms with Gasteiger partial charge in [0.15, 0.2) is 0 Å². The van der Waals surface area contributed by atoms with Gasteiger partial charge in [0, 0.05) is 13.1 Å². The van der Waals surface area contributed by atoms with Crippen LogP contribution in [0.25, 0.3) is 11.0 Å². The van der Waals surface area contributed by atoms with E-state index in [1.807, 2.05) is 0 Å². The van der Waals surface area contributed by atoms with E-state index in [1.54, 1.807) is 25.1 Å². The van der Waals surface area contributed by atoms with Crippen LogP contribution >= 0.6 is 11.7 Å². The largest absolute Gasteiger partial charge is 0.466 e. The molecule has 0 saturated carbocycles. The third kappa shape index (κ3) is 3.08. The molecule has 1 fully saturated rings. The zero-order chi connectivity index (χ0) is 16.4. The van der Waals surface area contributed by atoms with Crippen molar-refractivity contribution < 1.29 is 17.9 Å². The van der Waals surface area contributed by atoms with Crippen LogP contribution in [0.15, 0.2) is 23.1 Å². The molecule has 1 aromatic carbocycles. The van der Waals surface area contributed by atoms with Crippen LogP contribution in [0, 0.1) is 5.92 Å². The van der Waals surface area contributed by atoms with Crippen LogP contribution in [0.1, 0.15) is 19.8 Å². The quantitative estimate of drug-likeness (QED) is 0.775. The minimum atomic E-state index is -3.63. The number of rotatable bonds is 4. The van der Waals surface area contributed by atoms with Crippen molar-refractivity contribution in [3.63, 3.8) is 0 Å². The standard InChI is InChI=1S/C14H17N3O4S2/c1-2-21-14(18)10-6-8-17(9-7-10)23(19,20)12-5-3-4-11-13(12)16-22-15-11/h3-5,10H,2,6-9H2,1H3. The van der Waals surface area contributed by atoms with Gasteiger partial charge in [0.25, 0.3) is 0 Å². The maximum Gasteiger partial charge on any atom is 0.309 e. The Morgan fingerprint density at radius 2 is 2.09 bits per heavy atom. The molecule has 3 rings (SSSR count). The highest BCUT2D eigenvalue weighted by molar-refractivity contribution is 7.89. The Kier molecular flexibility index (Phi) is 4.60. The Morgan fingerprint density at radius 3 is 2.78 bits per heavy atom. The lowest BCUT2D eigenvalue weighted by Gasteiger charge is -2.30. The van der Waals surface area contributed by atoms with Crippen molar-refractivity contribution in [3.8, 4) is 0 Å². The summed E-state index contributed by atoms with van der Waals surface area (Å²) in [6, 6.07) is 4.96. The second kappa shape index (κ2) is 6.50. The number of nitrogens with zero attached hydrogens (tertiary/aromatic N) is 3. The van der Waals surface area contributed by atoms with Crippen molar-refractivity contribution in [2.24, 2.45) is 5.92 Å². The SMILES string of the molecule is CCOC(=O)C1CCN(S(=O)(=O)c2cccc3nsnc23)CC1. The number of ether oxygens (including phenoxy) is 1. The van der Waals surface area contributed by atoms with E-state index < -0.39 is 10.0 Å². The highest BCUT2D eigenvalue weighted by Gasteiger charge is 2.33. The molecule has 0 N–H and O–H groups in total. The second-order valence-corrected chi connectivity index (χ2v) is 7.75. The van der Waals surface area contributed by atoms with E-state index in [0.29, 0.717) is 43.6 Å². The zero-order valence-electron chi connectivity index (χ0n) is 12.6. The topological polar surface area (TPSA) is 89.5 Å². The number of esters is 1. The van der Waals surface area contributed by atoms with Gasteiger partial charge in [-0.25, -0.2) is 8.42 Å². The van der Waals surface area contributed by atoms with Crippen LogP contribution in [0.3, 0.4) is 0 Å². The maximum absolute atomic E-state index is 12.8. The summed E-state index contributed by atoms with van der Waals surface area (Å²) in [5, 5.41) is 0. The Hall–Kier alpha value is -1.58. The molecule has 124 valence electrons. The molecule has 0 bridgehead atoms. The summed E-state index contributed by atoms with van der Waals surface area (Å²) in [5.74, 6) is -0.464. The van der Waals surface area contributed by atoms with Gasteiger partial charge in [0.05, 0.1) is 24.3 Å². The minimum absolute atomic E-state index is 0.179. The number of carbonyl (C=O) groups is 1. The normalized spacial score (nSPS) is 17.4. The molecule has 0 atom stereocenters. The minimum Gasteiger partial charge on any atom is -0.466 e. The number of hydrogen-bond acceptors (Lipinski definition) is 7. The van der Waals surface area contributed by atoms with E-state index in [2.05, 4.69) is 8.75 Å². The zero-order valence-corrected chi connectivity index (χ0v) is 14.3. The Bertz CT molecular complexity index is 810. The Balaban J connectivity index is 1.80. The average molecular weight is 355 g/mol. The molecule has 0 unspecified atom stereocenters. The van der Waals surface area contributed by atoms with Crippen molar-refractivity contribution >= 4 is 38.8 Å². The van der Waals surface area contributed by atoms with Crippen molar-refractivity contribution in [1.82, 2.24) is 13.1 Å². The Morgan fingerprint density at radius 1 is 1.35 bits per heavy atom. The van der Waals surface area contributed by atoms with E-state index in [1.165, 1.54) is 4.31 Å². The van der Waals surface area contributed by atoms with Crippen LogP contribution in [0.4, 0.5) is 0 Å². The molecular formula is C14H17N3O4S2. The average Bonchev–Trinajstić information content (AvgIpc) is 3.03. The van der Waals surface area contributed by atoms with Crippen LogP contribution in [0.5, 0.6) is 0 Å². The highest BCUT2D eigenvalue weighted by atomic mass is 32.2. The molecule has 0 aliphatic carbocycles. The van der Waals surface area contributed by atoms with Gasteiger partial charge in [-0.3, -0.25) is 4.79 Å². The van der Waals surface area contributed by atoms with Crippen LogP contribution in [0.2, 0.25) is 0 Å².